The van der Waals surface area contributed by atoms with Crippen LogP contribution in [0.15, 0.2) is 65.5 Å². The van der Waals surface area contributed by atoms with E-state index in [-0.39, 0.29) is 6.73 Å². The number of aromatic nitrogens is 6. The van der Waals surface area contributed by atoms with Gasteiger partial charge in [0.15, 0.2) is 12.4 Å². The number of halogens is 2. The molecule has 0 aliphatic heterocycles. The van der Waals surface area contributed by atoms with Crippen molar-refractivity contribution < 1.29 is 4.74 Å². The van der Waals surface area contributed by atoms with E-state index in [4.69, 9.17) is 16.3 Å². The normalized spacial score (nSPS) is 11.4. The fraction of sp³-hybridized carbons (Fsp3) is 0.0526. The van der Waals surface area contributed by atoms with Crippen LogP contribution in [0.4, 0.5) is 0 Å². The third-order valence-electron chi connectivity index (χ3n) is 4.20. The van der Waals surface area contributed by atoms with Crippen LogP contribution in [0.2, 0.25) is 5.02 Å². The second-order valence-corrected chi connectivity index (χ2v) is 7.38. The summed E-state index contributed by atoms with van der Waals surface area (Å²) in [5, 5.41) is 10.5. The van der Waals surface area contributed by atoms with Gasteiger partial charge in [-0.3, -0.25) is 0 Å². The van der Waals surface area contributed by atoms with E-state index in [2.05, 4.69) is 36.1 Å². The van der Waals surface area contributed by atoms with Crippen LogP contribution in [0, 0.1) is 0 Å². The van der Waals surface area contributed by atoms with Crippen molar-refractivity contribution in [2.45, 2.75) is 6.73 Å². The average molecular weight is 456 g/mol. The van der Waals surface area contributed by atoms with Gasteiger partial charge in [-0.1, -0.05) is 39.7 Å². The van der Waals surface area contributed by atoms with Crippen LogP contribution in [0.25, 0.3) is 28.1 Å². The zero-order valence-corrected chi connectivity index (χ0v) is 16.7. The van der Waals surface area contributed by atoms with Crippen LogP contribution in [0.1, 0.15) is 0 Å². The summed E-state index contributed by atoms with van der Waals surface area (Å²) in [6.45, 7) is 0.221. The highest BCUT2D eigenvalue weighted by molar-refractivity contribution is 9.10. The number of hydrogen-bond acceptors (Lipinski definition) is 5. The van der Waals surface area contributed by atoms with Crippen molar-refractivity contribution in [2.75, 3.05) is 0 Å². The van der Waals surface area contributed by atoms with Crippen molar-refractivity contribution in [1.29, 1.82) is 0 Å². The molecular weight excluding hydrogens is 444 g/mol. The Morgan fingerprint density at radius 3 is 2.86 bits per heavy atom. The Bertz CT molecular complexity index is 1310. The molecule has 0 amide bonds. The molecule has 0 saturated carbocycles. The van der Waals surface area contributed by atoms with E-state index in [0.29, 0.717) is 22.3 Å². The van der Waals surface area contributed by atoms with E-state index in [9.17, 15) is 0 Å². The molecule has 2 aromatic carbocycles. The molecule has 0 bridgehead atoms. The molecular formula is C19H12BrClN6O. The van der Waals surface area contributed by atoms with Gasteiger partial charge in [0.25, 0.3) is 0 Å². The lowest BCUT2D eigenvalue weighted by Crippen LogP contribution is -2.06. The lowest BCUT2D eigenvalue weighted by atomic mass is 10.2. The molecule has 0 spiro atoms. The summed E-state index contributed by atoms with van der Waals surface area (Å²) in [7, 11) is 0. The van der Waals surface area contributed by atoms with E-state index in [1.807, 2.05) is 42.6 Å². The Labute approximate surface area is 172 Å². The van der Waals surface area contributed by atoms with Gasteiger partial charge in [0.1, 0.15) is 17.8 Å². The van der Waals surface area contributed by atoms with E-state index >= 15 is 0 Å². The third kappa shape index (κ3) is 3.10. The quantitative estimate of drug-likeness (QED) is 0.396. The largest absolute Gasteiger partial charge is 0.470 e. The summed E-state index contributed by atoms with van der Waals surface area (Å²) < 4.78 is 9.95. The minimum Gasteiger partial charge on any atom is -0.470 e. The van der Waals surface area contributed by atoms with E-state index in [1.165, 1.54) is 0 Å². The summed E-state index contributed by atoms with van der Waals surface area (Å²) >= 11 is 9.55. The number of para-hydroxylation sites is 1. The third-order valence-corrected chi connectivity index (χ3v) is 4.99. The van der Waals surface area contributed by atoms with Gasteiger partial charge in [0, 0.05) is 16.1 Å². The first kappa shape index (κ1) is 17.2. The molecule has 0 N–H and O–H groups in total. The topological polar surface area (TPSA) is 70.1 Å². The number of rotatable bonds is 4. The molecule has 0 aliphatic carbocycles. The lowest BCUT2D eigenvalue weighted by molar-refractivity contribution is 0.221. The first-order chi connectivity index (χ1) is 13.7. The lowest BCUT2D eigenvalue weighted by Gasteiger charge is -2.08. The number of hydrogen-bond donors (Lipinski definition) is 0. The molecule has 28 heavy (non-hydrogen) atoms. The SMILES string of the molecule is Clc1cc(Br)ccc1OCn1ccc(-c2nc3c4ccccc4ncn3n2)n1. The van der Waals surface area contributed by atoms with Gasteiger partial charge in [-0.2, -0.15) is 5.10 Å². The second kappa shape index (κ2) is 6.88. The Kier molecular flexibility index (Phi) is 4.22. The van der Waals surface area contributed by atoms with Crippen molar-refractivity contribution in [3.8, 4) is 17.3 Å². The number of nitrogens with zero attached hydrogens (tertiary/aromatic N) is 6. The molecule has 9 heteroatoms. The molecule has 138 valence electrons. The predicted molar refractivity (Wildman–Crippen MR) is 109 cm³/mol. The standard InChI is InChI=1S/C19H12BrClN6O/c20-12-5-6-17(14(21)9-12)28-11-26-8-7-16(24-26)18-23-19-13-3-1-2-4-15(13)22-10-27(19)25-18/h1-10H,11H2. The molecule has 0 radical (unpaired) electrons. The fourth-order valence-corrected chi connectivity index (χ4v) is 3.60. The minimum absolute atomic E-state index is 0.221. The van der Waals surface area contributed by atoms with Gasteiger partial charge in [-0.25, -0.2) is 19.2 Å². The molecule has 0 saturated heterocycles. The molecule has 0 atom stereocenters. The second-order valence-electron chi connectivity index (χ2n) is 6.05. The van der Waals surface area contributed by atoms with Crippen LogP contribution in [-0.2, 0) is 6.73 Å². The van der Waals surface area contributed by atoms with Crippen molar-refractivity contribution in [3.63, 3.8) is 0 Å². The minimum atomic E-state index is 0.221. The molecule has 3 heterocycles. The summed E-state index contributed by atoms with van der Waals surface area (Å²) in [5.74, 6) is 1.11. The first-order valence-electron chi connectivity index (χ1n) is 8.39. The number of fused-ring (bicyclic) bond motifs is 3. The average Bonchev–Trinajstić information content (AvgIpc) is 3.34. The molecule has 7 nitrogen and oxygen atoms in total. The molecule has 0 fully saturated rings. The van der Waals surface area contributed by atoms with Crippen molar-refractivity contribution in [1.82, 2.24) is 29.4 Å². The maximum atomic E-state index is 6.18. The van der Waals surface area contributed by atoms with Gasteiger partial charge < -0.3 is 4.74 Å². The summed E-state index contributed by atoms with van der Waals surface area (Å²) in [4.78, 5) is 9.03. The van der Waals surface area contributed by atoms with Crippen LogP contribution in [0.5, 0.6) is 5.75 Å². The molecule has 5 aromatic rings. The van der Waals surface area contributed by atoms with E-state index in [0.717, 1.165) is 21.0 Å². The molecule has 5 rings (SSSR count). The van der Waals surface area contributed by atoms with E-state index < -0.39 is 0 Å². The fourth-order valence-electron chi connectivity index (χ4n) is 2.87. The van der Waals surface area contributed by atoms with Crippen LogP contribution in [-0.4, -0.2) is 29.4 Å². The van der Waals surface area contributed by atoms with Crippen molar-refractivity contribution in [3.05, 3.63) is 70.6 Å². The summed E-state index contributed by atoms with van der Waals surface area (Å²) in [6.07, 6.45) is 3.47. The van der Waals surface area contributed by atoms with Crippen LogP contribution >= 0.6 is 27.5 Å². The maximum Gasteiger partial charge on any atom is 0.202 e. The van der Waals surface area contributed by atoms with Crippen molar-refractivity contribution >= 4 is 44.1 Å². The summed E-state index contributed by atoms with van der Waals surface area (Å²) in [6, 6.07) is 15.1. The Hall–Kier alpha value is -2.97. The molecule has 3 aromatic heterocycles. The molecule has 0 unspecified atom stereocenters. The highest BCUT2D eigenvalue weighted by Crippen LogP contribution is 2.28. The van der Waals surface area contributed by atoms with Crippen LogP contribution in [0.3, 0.4) is 0 Å². The highest BCUT2D eigenvalue weighted by atomic mass is 79.9. The smallest absolute Gasteiger partial charge is 0.202 e. The molecule has 0 aliphatic rings. The monoisotopic (exact) mass is 454 g/mol. The number of benzene rings is 2. The van der Waals surface area contributed by atoms with Crippen molar-refractivity contribution in [2.24, 2.45) is 0 Å². The van der Waals surface area contributed by atoms with Gasteiger partial charge >= 0.3 is 0 Å². The van der Waals surface area contributed by atoms with Gasteiger partial charge in [0.2, 0.25) is 5.82 Å². The summed E-state index contributed by atoms with van der Waals surface area (Å²) in [5.41, 5.74) is 2.27. The highest BCUT2D eigenvalue weighted by Gasteiger charge is 2.12. The zero-order valence-electron chi connectivity index (χ0n) is 14.3. The van der Waals surface area contributed by atoms with Gasteiger partial charge in [-0.05, 0) is 36.4 Å². The maximum absolute atomic E-state index is 6.18. The van der Waals surface area contributed by atoms with Crippen LogP contribution < -0.4 is 4.74 Å². The number of ether oxygens (including phenoxy) is 1. The van der Waals surface area contributed by atoms with Gasteiger partial charge in [0.05, 0.1) is 10.5 Å². The van der Waals surface area contributed by atoms with E-state index in [1.54, 1.807) is 27.7 Å². The predicted octanol–water partition coefficient (Wildman–Crippen LogP) is 4.59. The Morgan fingerprint density at radius 1 is 1.07 bits per heavy atom. The zero-order chi connectivity index (χ0) is 19.1. The van der Waals surface area contributed by atoms with Gasteiger partial charge in [-0.15, -0.1) is 5.10 Å². The Balaban J connectivity index is 1.42. The Morgan fingerprint density at radius 2 is 1.96 bits per heavy atom. The first-order valence-corrected chi connectivity index (χ1v) is 9.56.